The minimum atomic E-state index is 0.379. The van der Waals surface area contributed by atoms with Crippen molar-refractivity contribution in [1.82, 2.24) is 15.0 Å². The maximum absolute atomic E-state index is 6.06. The molecule has 0 amide bonds. The summed E-state index contributed by atoms with van der Waals surface area (Å²) in [5, 5.41) is 1.80. The fraction of sp³-hybridized carbons (Fsp3) is 0. The van der Waals surface area contributed by atoms with Gasteiger partial charge < -0.3 is 4.98 Å². The van der Waals surface area contributed by atoms with E-state index in [1.807, 2.05) is 24.3 Å². The second-order valence-corrected chi connectivity index (χ2v) is 4.34. The second kappa shape index (κ2) is 4.02. The third kappa shape index (κ3) is 1.88. The van der Waals surface area contributed by atoms with Crippen LogP contribution >= 0.6 is 23.2 Å². The zero-order valence-electron chi connectivity index (χ0n) is 8.61. The lowest BCUT2D eigenvalue weighted by atomic mass is 10.2. The fourth-order valence-corrected chi connectivity index (χ4v) is 2.16. The Kier molecular flexibility index (Phi) is 2.50. The Morgan fingerprint density at radius 3 is 2.76 bits per heavy atom. The number of aromatic nitrogens is 3. The average molecular weight is 264 g/mol. The van der Waals surface area contributed by atoms with Crippen molar-refractivity contribution < 1.29 is 0 Å². The van der Waals surface area contributed by atoms with Crippen molar-refractivity contribution in [2.75, 3.05) is 0 Å². The molecule has 0 unspecified atom stereocenters. The van der Waals surface area contributed by atoms with E-state index in [1.54, 1.807) is 12.3 Å². The molecule has 0 fully saturated rings. The van der Waals surface area contributed by atoms with Crippen molar-refractivity contribution in [3.05, 3.63) is 46.8 Å². The van der Waals surface area contributed by atoms with Gasteiger partial charge in [-0.3, -0.25) is 0 Å². The average Bonchev–Trinajstić information content (AvgIpc) is 2.72. The number of pyridine rings is 2. The van der Waals surface area contributed by atoms with Gasteiger partial charge >= 0.3 is 0 Å². The Bertz CT molecular complexity index is 658. The van der Waals surface area contributed by atoms with Crippen LogP contribution in [0.2, 0.25) is 10.3 Å². The first-order valence-electron chi connectivity index (χ1n) is 5.00. The third-order valence-corrected chi connectivity index (χ3v) is 3.00. The summed E-state index contributed by atoms with van der Waals surface area (Å²) in [5.74, 6) is 0. The topological polar surface area (TPSA) is 41.6 Å². The molecule has 0 aromatic carbocycles. The number of hydrogen-bond donors (Lipinski definition) is 1. The highest BCUT2D eigenvalue weighted by Gasteiger charge is 2.08. The van der Waals surface area contributed by atoms with E-state index in [0.29, 0.717) is 10.3 Å². The first-order chi connectivity index (χ1) is 8.24. The highest BCUT2D eigenvalue weighted by molar-refractivity contribution is 6.34. The minimum absolute atomic E-state index is 0.379. The van der Waals surface area contributed by atoms with Gasteiger partial charge in [0.25, 0.3) is 0 Å². The predicted octanol–water partition coefficient (Wildman–Crippen LogP) is 3.93. The molecule has 0 bridgehead atoms. The molecule has 5 heteroatoms. The van der Waals surface area contributed by atoms with Gasteiger partial charge in [0.1, 0.15) is 16.0 Å². The zero-order chi connectivity index (χ0) is 11.8. The number of fused-ring (bicyclic) bond motifs is 1. The standard InChI is InChI=1S/C12H7Cl2N3/c13-10-4-3-8(11(14)17-10)9-6-7-2-1-5-15-12(7)16-9/h1-6H,(H,15,16). The molecule has 0 spiro atoms. The zero-order valence-corrected chi connectivity index (χ0v) is 10.1. The SMILES string of the molecule is Clc1ccc(-c2cc3cccnc3[nH]2)c(Cl)n1. The number of nitrogens with zero attached hydrogens (tertiary/aromatic N) is 2. The monoisotopic (exact) mass is 263 g/mol. The molecule has 0 aliphatic rings. The Morgan fingerprint density at radius 2 is 2.00 bits per heavy atom. The molecule has 3 aromatic heterocycles. The highest BCUT2D eigenvalue weighted by atomic mass is 35.5. The van der Waals surface area contributed by atoms with Crippen molar-refractivity contribution in [2.45, 2.75) is 0 Å². The molecule has 0 saturated carbocycles. The number of halogens is 2. The summed E-state index contributed by atoms with van der Waals surface area (Å²) in [6.45, 7) is 0. The summed E-state index contributed by atoms with van der Waals surface area (Å²) >= 11 is 11.8. The van der Waals surface area contributed by atoms with Crippen molar-refractivity contribution in [3.8, 4) is 11.3 Å². The fourth-order valence-electron chi connectivity index (χ4n) is 1.72. The molecular formula is C12H7Cl2N3. The lowest BCUT2D eigenvalue weighted by molar-refractivity contribution is 1.29. The van der Waals surface area contributed by atoms with Crippen LogP contribution in [0.25, 0.3) is 22.3 Å². The van der Waals surface area contributed by atoms with E-state index >= 15 is 0 Å². The van der Waals surface area contributed by atoms with Gasteiger partial charge in [0.2, 0.25) is 0 Å². The Labute approximate surface area is 107 Å². The Hall–Kier alpha value is -1.58. The summed E-state index contributed by atoms with van der Waals surface area (Å²) in [6.07, 6.45) is 1.74. The van der Waals surface area contributed by atoms with Gasteiger partial charge in [0.05, 0.1) is 5.69 Å². The van der Waals surface area contributed by atoms with Crippen LogP contribution < -0.4 is 0 Å². The van der Waals surface area contributed by atoms with Crippen molar-refractivity contribution >= 4 is 34.2 Å². The molecule has 0 radical (unpaired) electrons. The van der Waals surface area contributed by atoms with Crippen molar-refractivity contribution in [3.63, 3.8) is 0 Å². The third-order valence-electron chi connectivity index (χ3n) is 2.50. The van der Waals surface area contributed by atoms with Gasteiger partial charge in [-0.2, -0.15) is 0 Å². The first-order valence-corrected chi connectivity index (χ1v) is 5.76. The molecule has 3 nitrogen and oxygen atoms in total. The number of rotatable bonds is 1. The second-order valence-electron chi connectivity index (χ2n) is 3.60. The van der Waals surface area contributed by atoms with Crippen LogP contribution in [0.1, 0.15) is 0 Å². The number of H-pyrrole nitrogens is 1. The molecule has 3 aromatic rings. The number of hydrogen-bond acceptors (Lipinski definition) is 2. The summed E-state index contributed by atoms with van der Waals surface area (Å²) < 4.78 is 0. The molecule has 17 heavy (non-hydrogen) atoms. The van der Waals surface area contributed by atoms with Gasteiger partial charge in [-0.1, -0.05) is 23.2 Å². The van der Waals surface area contributed by atoms with E-state index in [9.17, 15) is 0 Å². The molecule has 3 rings (SSSR count). The van der Waals surface area contributed by atoms with Crippen molar-refractivity contribution in [2.24, 2.45) is 0 Å². The Morgan fingerprint density at radius 1 is 1.12 bits per heavy atom. The number of nitrogens with one attached hydrogen (secondary N) is 1. The van der Waals surface area contributed by atoms with E-state index in [0.717, 1.165) is 22.3 Å². The van der Waals surface area contributed by atoms with Gasteiger partial charge in [-0.15, -0.1) is 0 Å². The lowest BCUT2D eigenvalue weighted by Gasteiger charge is -2.00. The lowest BCUT2D eigenvalue weighted by Crippen LogP contribution is -1.83. The molecular weight excluding hydrogens is 257 g/mol. The normalized spacial score (nSPS) is 10.9. The molecule has 0 saturated heterocycles. The predicted molar refractivity (Wildman–Crippen MR) is 69.3 cm³/mol. The summed E-state index contributed by atoms with van der Waals surface area (Å²) in [6, 6.07) is 9.41. The van der Waals surface area contributed by atoms with Crippen LogP contribution in [0.15, 0.2) is 36.5 Å². The molecule has 1 N–H and O–H groups in total. The molecule has 0 aliphatic heterocycles. The van der Waals surface area contributed by atoms with E-state index < -0.39 is 0 Å². The highest BCUT2D eigenvalue weighted by Crippen LogP contribution is 2.29. The first kappa shape index (κ1) is 10.6. The van der Waals surface area contributed by atoms with Gasteiger partial charge in [-0.25, -0.2) is 9.97 Å². The van der Waals surface area contributed by atoms with E-state index in [2.05, 4.69) is 15.0 Å². The summed E-state index contributed by atoms with van der Waals surface area (Å²) in [5.41, 5.74) is 2.52. The molecule has 3 heterocycles. The van der Waals surface area contributed by atoms with Gasteiger partial charge in [0, 0.05) is 17.1 Å². The van der Waals surface area contributed by atoms with Crippen LogP contribution in [-0.4, -0.2) is 15.0 Å². The number of aromatic amines is 1. The quantitative estimate of drug-likeness (QED) is 0.676. The van der Waals surface area contributed by atoms with Crippen molar-refractivity contribution in [1.29, 1.82) is 0 Å². The summed E-state index contributed by atoms with van der Waals surface area (Å²) in [7, 11) is 0. The van der Waals surface area contributed by atoms with Crippen LogP contribution in [0.4, 0.5) is 0 Å². The van der Waals surface area contributed by atoms with Crippen LogP contribution in [-0.2, 0) is 0 Å². The van der Waals surface area contributed by atoms with Gasteiger partial charge in [-0.05, 0) is 30.3 Å². The molecule has 0 atom stereocenters. The largest absolute Gasteiger partial charge is 0.339 e. The molecule has 0 aliphatic carbocycles. The Balaban J connectivity index is 2.20. The minimum Gasteiger partial charge on any atom is -0.339 e. The van der Waals surface area contributed by atoms with Gasteiger partial charge in [0.15, 0.2) is 0 Å². The van der Waals surface area contributed by atoms with E-state index in [1.165, 1.54) is 0 Å². The maximum atomic E-state index is 6.06. The van der Waals surface area contributed by atoms with Crippen LogP contribution in [0.3, 0.4) is 0 Å². The smallest absolute Gasteiger partial charge is 0.140 e. The van der Waals surface area contributed by atoms with Crippen LogP contribution in [0.5, 0.6) is 0 Å². The molecule has 84 valence electrons. The van der Waals surface area contributed by atoms with E-state index in [-0.39, 0.29) is 0 Å². The van der Waals surface area contributed by atoms with Crippen LogP contribution in [0, 0.1) is 0 Å². The summed E-state index contributed by atoms with van der Waals surface area (Å²) in [4.78, 5) is 11.4. The van der Waals surface area contributed by atoms with E-state index in [4.69, 9.17) is 23.2 Å². The maximum Gasteiger partial charge on any atom is 0.140 e.